The average Bonchev–Trinajstić information content (AvgIpc) is 2.93. The van der Waals surface area contributed by atoms with Crippen LogP contribution < -0.4 is 10.6 Å². The van der Waals surface area contributed by atoms with E-state index in [4.69, 9.17) is 16.6 Å². The monoisotopic (exact) mass is 295 g/mol. The first-order valence-corrected chi connectivity index (χ1v) is 7.82. The van der Waals surface area contributed by atoms with Gasteiger partial charge in [-0.2, -0.15) is 0 Å². The Bertz CT molecular complexity index is 399. The Balaban J connectivity index is 1.78. The lowest BCUT2D eigenvalue weighted by Gasteiger charge is -2.27. The second-order valence-corrected chi connectivity index (χ2v) is 6.09. The zero-order valence-corrected chi connectivity index (χ0v) is 13.2. The minimum Gasteiger partial charge on any atom is -0.468 e. The molecule has 1 aromatic heterocycles. The fourth-order valence-corrected chi connectivity index (χ4v) is 2.94. The zero-order chi connectivity index (χ0) is 14.4. The third-order valence-electron chi connectivity index (χ3n) is 3.89. The maximum Gasteiger partial charge on any atom is 0.166 e. The topological polar surface area (TPSA) is 40.4 Å². The molecule has 1 fully saturated rings. The Morgan fingerprint density at radius 2 is 2.15 bits per heavy atom. The molecule has 4 nitrogen and oxygen atoms in total. The fourth-order valence-electron chi connectivity index (χ4n) is 2.69. The minimum absolute atomic E-state index is 0.191. The molecule has 0 saturated heterocycles. The second kappa shape index (κ2) is 7.64. The van der Waals surface area contributed by atoms with Crippen LogP contribution in [-0.4, -0.2) is 36.7 Å². The number of rotatable bonds is 5. The molecule has 1 atom stereocenters. The molecule has 1 heterocycles. The van der Waals surface area contributed by atoms with E-state index in [-0.39, 0.29) is 6.04 Å². The van der Waals surface area contributed by atoms with Gasteiger partial charge in [0.15, 0.2) is 5.11 Å². The molecule has 2 rings (SSSR count). The largest absolute Gasteiger partial charge is 0.468 e. The number of likely N-dealkylation sites (N-methyl/N-ethyl adjacent to an activating group) is 1. The summed E-state index contributed by atoms with van der Waals surface area (Å²) < 4.78 is 5.49. The third-order valence-corrected chi connectivity index (χ3v) is 4.15. The normalized spacial score (nSPS) is 17.9. The Labute approximate surface area is 126 Å². The summed E-state index contributed by atoms with van der Waals surface area (Å²) in [5.41, 5.74) is 0. The van der Waals surface area contributed by atoms with Gasteiger partial charge in [-0.15, -0.1) is 0 Å². The molecule has 2 N–H and O–H groups in total. The van der Waals surface area contributed by atoms with Gasteiger partial charge in [0.2, 0.25) is 0 Å². The SMILES string of the molecule is CN(C)[C@H](CNC(=S)NC1CCCCC1)c1ccco1. The Hall–Kier alpha value is -1.07. The van der Waals surface area contributed by atoms with Gasteiger partial charge in [-0.25, -0.2) is 0 Å². The minimum atomic E-state index is 0.191. The van der Waals surface area contributed by atoms with Gasteiger partial charge in [0.1, 0.15) is 5.76 Å². The van der Waals surface area contributed by atoms with E-state index in [9.17, 15) is 0 Å². The van der Waals surface area contributed by atoms with Crippen LogP contribution in [0, 0.1) is 0 Å². The van der Waals surface area contributed by atoms with Gasteiger partial charge in [-0.3, -0.25) is 4.90 Å². The lowest BCUT2D eigenvalue weighted by atomic mass is 9.96. The van der Waals surface area contributed by atoms with Crippen molar-refractivity contribution in [3.05, 3.63) is 24.2 Å². The molecule has 0 aromatic carbocycles. The van der Waals surface area contributed by atoms with Crippen molar-refractivity contribution in [3.63, 3.8) is 0 Å². The molecular formula is C15H25N3OS. The highest BCUT2D eigenvalue weighted by Crippen LogP contribution is 2.18. The van der Waals surface area contributed by atoms with Crippen molar-refractivity contribution in [2.45, 2.75) is 44.2 Å². The summed E-state index contributed by atoms with van der Waals surface area (Å²) in [5.74, 6) is 0.961. The van der Waals surface area contributed by atoms with Crippen LogP contribution in [0.1, 0.15) is 43.9 Å². The van der Waals surface area contributed by atoms with E-state index in [1.807, 2.05) is 26.2 Å². The molecule has 0 radical (unpaired) electrons. The molecule has 1 aliphatic carbocycles. The quantitative estimate of drug-likeness (QED) is 0.817. The molecule has 0 aliphatic heterocycles. The molecule has 1 aromatic rings. The highest BCUT2D eigenvalue weighted by molar-refractivity contribution is 7.80. The summed E-state index contributed by atoms with van der Waals surface area (Å²) in [6, 6.07) is 4.66. The number of furan rings is 1. The van der Waals surface area contributed by atoms with Crippen LogP contribution >= 0.6 is 12.2 Å². The first-order chi connectivity index (χ1) is 9.66. The van der Waals surface area contributed by atoms with Gasteiger partial charge >= 0.3 is 0 Å². The van der Waals surface area contributed by atoms with Crippen LogP contribution in [0.3, 0.4) is 0 Å². The summed E-state index contributed by atoms with van der Waals surface area (Å²) in [7, 11) is 4.10. The number of thiocarbonyl (C=S) groups is 1. The summed E-state index contributed by atoms with van der Waals surface area (Å²) in [5, 5.41) is 7.51. The molecule has 0 spiro atoms. The summed E-state index contributed by atoms with van der Waals surface area (Å²) in [4.78, 5) is 2.13. The van der Waals surface area contributed by atoms with E-state index in [2.05, 4.69) is 15.5 Å². The molecule has 1 aliphatic rings. The molecule has 0 bridgehead atoms. The first-order valence-electron chi connectivity index (χ1n) is 7.41. The summed E-state index contributed by atoms with van der Waals surface area (Å²) in [6.07, 6.45) is 8.16. The van der Waals surface area contributed by atoms with E-state index in [0.717, 1.165) is 17.4 Å². The van der Waals surface area contributed by atoms with Crippen molar-refractivity contribution >= 4 is 17.3 Å². The van der Waals surface area contributed by atoms with E-state index < -0.39 is 0 Å². The van der Waals surface area contributed by atoms with Crippen molar-refractivity contribution in [2.75, 3.05) is 20.6 Å². The van der Waals surface area contributed by atoms with Crippen molar-refractivity contribution in [1.29, 1.82) is 0 Å². The van der Waals surface area contributed by atoms with Gasteiger partial charge in [0, 0.05) is 12.6 Å². The highest BCUT2D eigenvalue weighted by atomic mass is 32.1. The van der Waals surface area contributed by atoms with Crippen molar-refractivity contribution in [1.82, 2.24) is 15.5 Å². The van der Waals surface area contributed by atoms with Gasteiger partial charge in [0.25, 0.3) is 0 Å². The van der Waals surface area contributed by atoms with Crippen molar-refractivity contribution < 1.29 is 4.42 Å². The van der Waals surface area contributed by atoms with Gasteiger partial charge in [0.05, 0.1) is 12.3 Å². The molecule has 112 valence electrons. The van der Waals surface area contributed by atoms with Crippen molar-refractivity contribution in [2.24, 2.45) is 0 Å². The number of hydrogen-bond donors (Lipinski definition) is 2. The molecule has 0 amide bonds. The zero-order valence-electron chi connectivity index (χ0n) is 12.4. The predicted molar refractivity (Wildman–Crippen MR) is 85.7 cm³/mol. The molecule has 20 heavy (non-hydrogen) atoms. The predicted octanol–water partition coefficient (Wildman–Crippen LogP) is 2.68. The van der Waals surface area contributed by atoms with Crippen LogP contribution in [0.4, 0.5) is 0 Å². The number of nitrogens with zero attached hydrogens (tertiary/aromatic N) is 1. The van der Waals surface area contributed by atoms with E-state index in [1.54, 1.807) is 6.26 Å². The molecule has 1 saturated carbocycles. The smallest absolute Gasteiger partial charge is 0.166 e. The van der Waals surface area contributed by atoms with Crippen LogP contribution in [0.25, 0.3) is 0 Å². The molecule has 5 heteroatoms. The maximum absolute atomic E-state index is 5.49. The van der Waals surface area contributed by atoms with Crippen LogP contribution in [0.2, 0.25) is 0 Å². The fraction of sp³-hybridized carbons (Fsp3) is 0.667. The third kappa shape index (κ3) is 4.49. The average molecular weight is 295 g/mol. The van der Waals surface area contributed by atoms with Crippen LogP contribution in [0.5, 0.6) is 0 Å². The van der Waals surface area contributed by atoms with Crippen molar-refractivity contribution in [3.8, 4) is 0 Å². The molecule has 0 unspecified atom stereocenters. The van der Waals surface area contributed by atoms with E-state index in [0.29, 0.717) is 6.04 Å². The molecular weight excluding hydrogens is 270 g/mol. The van der Waals surface area contributed by atoms with E-state index >= 15 is 0 Å². The first kappa shape index (κ1) is 15.3. The highest BCUT2D eigenvalue weighted by Gasteiger charge is 2.18. The Morgan fingerprint density at radius 3 is 2.75 bits per heavy atom. The maximum atomic E-state index is 5.49. The number of hydrogen-bond acceptors (Lipinski definition) is 3. The van der Waals surface area contributed by atoms with E-state index in [1.165, 1.54) is 32.1 Å². The standard InChI is InChI=1S/C15H25N3OS/c1-18(2)13(14-9-6-10-19-14)11-16-15(20)17-12-7-4-3-5-8-12/h6,9-10,12-13H,3-5,7-8,11H2,1-2H3,(H2,16,17,20)/t13-/m1/s1. The van der Waals surface area contributed by atoms with Gasteiger partial charge in [-0.1, -0.05) is 19.3 Å². The lowest BCUT2D eigenvalue weighted by molar-refractivity contribution is 0.258. The lowest BCUT2D eigenvalue weighted by Crippen LogP contribution is -2.45. The van der Waals surface area contributed by atoms with Crippen LogP contribution in [-0.2, 0) is 0 Å². The van der Waals surface area contributed by atoms with Gasteiger partial charge in [-0.05, 0) is 51.3 Å². The Kier molecular flexibility index (Phi) is 5.86. The summed E-state index contributed by atoms with van der Waals surface area (Å²) in [6.45, 7) is 0.749. The van der Waals surface area contributed by atoms with Crippen LogP contribution in [0.15, 0.2) is 22.8 Å². The number of nitrogens with one attached hydrogen (secondary N) is 2. The Morgan fingerprint density at radius 1 is 1.40 bits per heavy atom. The second-order valence-electron chi connectivity index (χ2n) is 5.68. The van der Waals surface area contributed by atoms with Gasteiger partial charge < -0.3 is 15.1 Å². The summed E-state index contributed by atoms with van der Waals surface area (Å²) >= 11 is 5.40.